The molecule has 0 aromatic heterocycles. The first kappa shape index (κ1) is 13.5. The van der Waals surface area contributed by atoms with Gasteiger partial charge in [-0.3, -0.25) is 4.79 Å². The van der Waals surface area contributed by atoms with E-state index in [1.807, 2.05) is 6.92 Å². The zero-order valence-corrected chi connectivity index (χ0v) is 10.1. The summed E-state index contributed by atoms with van der Waals surface area (Å²) in [5, 5.41) is 12.3. The third kappa shape index (κ3) is 5.47. The number of carbonyl (C=O) groups is 1. The van der Waals surface area contributed by atoms with Gasteiger partial charge in [-0.15, -0.1) is 0 Å². The SMILES string of the molecule is CCOCCCC(=O)NCC1CCC(O)C1. The molecule has 2 atom stereocenters. The molecule has 0 aromatic rings. The van der Waals surface area contributed by atoms with Gasteiger partial charge in [0.2, 0.25) is 5.91 Å². The smallest absolute Gasteiger partial charge is 0.220 e. The molecule has 0 saturated heterocycles. The molecule has 0 spiro atoms. The van der Waals surface area contributed by atoms with Crippen molar-refractivity contribution in [2.75, 3.05) is 19.8 Å². The van der Waals surface area contributed by atoms with Gasteiger partial charge in [-0.05, 0) is 38.5 Å². The van der Waals surface area contributed by atoms with Gasteiger partial charge in [0.1, 0.15) is 0 Å². The van der Waals surface area contributed by atoms with E-state index in [-0.39, 0.29) is 12.0 Å². The molecule has 1 saturated carbocycles. The molecule has 0 heterocycles. The van der Waals surface area contributed by atoms with Gasteiger partial charge in [-0.25, -0.2) is 0 Å². The van der Waals surface area contributed by atoms with Crippen LogP contribution in [0.25, 0.3) is 0 Å². The van der Waals surface area contributed by atoms with Crippen molar-refractivity contribution in [2.45, 2.75) is 45.1 Å². The zero-order valence-electron chi connectivity index (χ0n) is 10.1. The van der Waals surface area contributed by atoms with Gasteiger partial charge >= 0.3 is 0 Å². The fraction of sp³-hybridized carbons (Fsp3) is 0.917. The summed E-state index contributed by atoms with van der Waals surface area (Å²) in [5.74, 6) is 0.562. The largest absolute Gasteiger partial charge is 0.393 e. The maximum Gasteiger partial charge on any atom is 0.220 e. The lowest BCUT2D eigenvalue weighted by Crippen LogP contribution is -2.28. The van der Waals surface area contributed by atoms with Gasteiger partial charge in [0.15, 0.2) is 0 Å². The number of hydrogen-bond donors (Lipinski definition) is 2. The zero-order chi connectivity index (χ0) is 11.8. The lowest BCUT2D eigenvalue weighted by molar-refractivity contribution is -0.121. The second-order valence-corrected chi connectivity index (χ2v) is 4.44. The van der Waals surface area contributed by atoms with E-state index in [0.29, 0.717) is 32.1 Å². The van der Waals surface area contributed by atoms with E-state index in [1.54, 1.807) is 0 Å². The summed E-state index contributed by atoms with van der Waals surface area (Å²) < 4.78 is 5.16. The molecular formula is C12H23NO3. The van der Waals surface area contributed by atoms with E-state index in [1.165, 1.54) is 0 Å². The molecule has 1 aliphatic carbocycles. The average molecular weight is 229 g/mol. The molecular weight excluding hydrogens is 206 g/mol. The van der Waals surface area contributed by atoms with Crippen LogP contribution in [-0.2, 0) is 9.53 Å². The van der Waals surface area contributed by atoms with Crippen molar-refractivity contribution in [1.82, 2.24) is 5.32 Å². The minimum atomic E-state index is -0.153. The third-order valence-electron chi connectivity index (χ3n) is 3.00. The van der Waals surface area contributed by atoms with E-state index in [0.717, 1.165) is 25.7 Å². The molecule has 1 fully saturated rings. The first-order valence-electron chi connectivity index (χ1n) is 6.25. The van der Waals surface area contributed by atoms with Crippen molar-refractivity contribution >= 4 is 5.91 Å². The predicted octanol–water partition coefficient (Wildman–Crippen LogP) is 1.08. The van der Waals surface area contributed by atoms with Crippen LogP contribution in [0.4, 0.5) is 0 Å². The van der Waals surface area contributed by atoms with Crippen LogP contribution >= 0.6 is 0 Å². The molecule has 2 unspecified atom stereocenters. The second-order valence-electron chi connectivity index (χ2n) is 4.44. The number of aliphatic hydroxyl groups is 1. The molecule has 0 bridgehead atoms. The van der Waals surface area contributed by atoms with Crippen molar-refractivity contribution in [3.8, 4) is 0 Å². The van der Waals surface area contributed by atoms with Gasteiger partial charge in [0, 0.05) is 26.2 Å². The molecule has 2 N–H and O–H groups in total. The van der Waals surface area contributed by atoms with Crippen LogP contribution in [0, 0.1) is 5.92 Å². The normalized spacial score (nSPS) is 24.6. The Balaban J connectivity index is 1.97. The van der Waals surface area contributed by atoms with Crippen LogP contribution in [0.5, 0.6) is 0 Å². The first-order chi connectivity index (χ1) is 7.72. The molecule has 16 heavy (non-hydrogen) atoms. The van der Waals surface area contributed by atoms with Gasteiger partial charge in [0.25, 0.3) is 0 Å². The maximum atomic E-state index is 11.4. The van der Waals surface area contributed by atoms with Crippen molar-refractivity contribution in [3.63, 3.8) is 0 Å². The average Bonchev–Trinajstić information content (AvgIpc) is 2.68. The predicted molar refractivity (Wildman–Crippen MR) is 62.1 cm³/mol. The highest BCUT2D eigenvalue weighted by molar-refractivity contribution is 5.75. The minimum Gasteiger partial charge on any atom is -0.393 e. The summed E-state index contributed by atoms with van der Waals surface area (Å²) >= 11 is 0. The Kier molecular flexibility index (Phi) is 6.42. The molecule has 0 radical (unpaired) electrons. The second kappa shape index (κ2) is 7.63. The van der Waals surface area contributed by atoms with Crippen molar-refractivity contribution < 1.29 is 14.6 Å². The van der Waals surface area contributed by atoms with E-state index in [2.05, 4.69) is 5.32 Å². The summed E-state index contributed by atoms with van der Waals surface area (Å²) in [5.41, 5.74) is 0. The number of nitrogens with one attached hydrogen (secondary N) is 1. The summed E-state index contributed by atoms with van der Waals surface area (Å²) in [6.07, 6.45) is 3.91. The number of ether oxygens (including phenoxy) is 1. The standard InChI is InChI=1S/C12H23NO3/c1-2-16-7-3-4-12(15)13-9-10-5-6-11(14)8-10/h10-11,14H,2-9H2,1H3,(H,13,15). The van der Waals surface area contributed by atoms with Crippen LogP contribution in [0.3, 0.4) is 0 Å². The molecule has 94 valence electrons. The van der Waals surface area contributed by atoms with Gasteiger partial charge < -0.3 is 15.2 Å². The number of aliphatic hydroxyl groups excluding tert-OH is 1. The summed E-state index contributed by atoms with van der Waals surface area (Å²) in [6, 6.07) is 0. The van der Waals surface area contributed by atoms with Gasteiger partial charge in [0.05, 0.1) is 6.10 Å². The fourth-order valence-electron chi connectivity index (χ4n) is 2.06. The number of hydrogen-bond acceptors (Lipinski definition) is 3. The van der Waals surface area contributed by atoms with Crippen molar-refractivity contribution in [1.29, 1.82) is 0 Å². The van der Waals surface area contributed by atoms with Crippen LogP contribution in [0.2, 0.25) is 0 Å². The molecule has 4 heteroatoms. The number of carbonyl (C=O) groups excluding carboxylic acids is 1. The third-order valence-corrected chi connectivity index (χ3v) is 3.00. The van der Waals surface area contributed by atoms with Crippen LogP contribution < -0.4 is 5.32 Å². The van der Waals surface area contributed by atoms with E-state index in [4.69, 9.17) is 4.74 Å². The first-order valence-corrected chi connectivity index (χ1v) is 6.25. The van der Waals surface area contributed by atoms with Crippen LogP contribution in [-0.4, -0.2) is 36.9 Å². The van der Waals surface area contributed by atoms with Crippen molar-refractivity contribution in [2.24, 2.45) is 5.92 Å². The topological polar surface area (TPSA) is 58.6 Å². The summed E-state index contributed by atoms with van der Waals surface area (Å²) in [7, 11) is 0. The van der Waals surface area contributed by atoms with E-state index in [9.17, 15) is 9.90 Å². The maximum absolute atomic E-state index is 11.4. The number of amides is 1. The Morgan fingerprint density at radius 3 is 2.94 bits per heavy atom. The summed E-state index contributed by atoms with van der Waals surface area (Å²) in [6.45, 7) is 4.03. The molecule has 1 rings (SSSR count). The molecule has 0 aliphatic heterocycles. The van der Waals surface area contributed by atoms with Gasteiger partial charge in [-0.1, -0.05) is 0 Å². The lowest BCUT2D eigenvalue weighted by atomic mass is 10.1. The Bertz CT molecular complexity index is 208. The highest BCUT2D eigenvalue weighted by Crippen LogP contribution is 2.24. The van der Waals surface area contributed by atoms with Gasteiger partial charge in [-0.2, -0.15) is 0 Å². The Labute approximate surface area is 97.4 Å². The van der Waals surface area contributed by atoms with Crippen LogP contribution in [0.1, 0.15) is 39.0 Å². The molecule has 1 aliphatic rings. The number of rotatable bonds is 7. The van der Waals surface area contributed by atoms with Crippen LogP contribution in [0.15, 0.2) is 0 Å². The fourth-order valence-corrected chi connectivity index (χ4v) is 2.06. The van der Waals surface area contributed by atoms with E-state index < -0.39 is 0 Å². The highest BCUT2D eigenvalue weighted by atomic mass is 16.5. The highest BCUT2D eigenvalue weighted by Gasteiger charge is 2.22. The van der Waals surface area contributed by atoms with E-state index >= 15 is 0 Å². The molecule has 1 amide bonds. The molecule has 0 aromatic carbocycles. The monoisotopic (exact) mass is 229 g/mol. The molecule has 4 nitrogen and oxygen atoms in total. The Morgan fingerprint density at radius 1 is 1.50 bits per heavy atom. The Morgan fingerprint density at radius 2 is 2.31 bits per heavy atom. The Hall–Kier alpha value is -0.610. The minimum absolute atomic E-state index is 0.0982. The summed E-state index contributed by atoms with van der Waals surface area (Å²) in [4.78, 5) is 11.4. The quantitative estimate of drug-likeness (QED) is 0.642. The van der Waals surface area contributed by atoms with Crippen molar-refractivity contribution in [3.05, 3.63) is 0 Å². The lowest BCUT2D eigenvalue weighted by Gasteiger charge is -2.10.